The molecule has 1 N–H and O–H groups in total. The summed E-state index contributed by atoms with van der Waals surface area (Å²) >= 11 is 0. The first-order valence-corrected chi connectivity index (χ1v) is 6.96. The number of rotatable bonds is 4. The lowest BCUT2D eigenvalue weighted by atomic mass is 9.94. The van der Waals surface area contributed by atoms with E-state index in [-0.39, 0.29) is 0 Å². The van der Waals surface area contributed by atoms with Crippen LogP contribution in [-0.2, 0) is 0 Å². The second kappa shape index (κ2) is 6.58. The van der Waals surface area contributed by atoms with Gasteiger partial charge < -0.3 is 15.1 Å². The van der Waals surface area contributed by atoms with Crippen molar-refractivity contribution in [2.45, 2.75) is 25.7 Å². The maximum atomic E-state index is 3.51. The molecule has 2 aliphatic heterocycles. The number of nitrogens with zero attached hydrogens (tertiary/aromatic N) is 2. The van der Waals surface area contributed by atoms with Gasteiger partial charge in [-0.2, -0.15) is 0 Å². The Labute approximate surface area is 100 Å². The predicted molar refractivity (Wildman–Crippen MR) is 68.8 cm³/mol. The standard InChI is InChI=1S/C13H27N3/c1-15-8-10-16(11-9-15)7-3-5-13-4-2-6-14-12-13/h13-14H,2-12H2,1H3/t13-/m0/s1. The fourth-order valence-electron chi connectivity index (χ4n) is 2.85. The molecule has 0 saturated carbocycles. The lowest BCUT2D eigenvalue weighted by Crippen LogP contribution is -2.44. The fourth-order valence-corrected chi connectivity index (χ4v) is 2.85. The van der Waals surface area contributed by atoms with E-state index in [2.05, 4.69) is 22.2 Å². The molecule has 0 bridgehead atoms. The summed E-state index contributed by atoms with van der Waals surface area (Å²) in [5, 5.41) is 3.51. The Kier molecular flexibility index (Phi) is 5.07. The van der Waals surface area contributed by atoms with Crippen LogP contribution < -0.4 is 5.32 Å². The van der Waals surface area contributed by atoms with E-state index >= 15 is 0 Å². The number of hydrogen-bond acceptors (Lipinski definition) is 3. The topological polar surface area (TPSA) is 18.5 Å². The van der Waals surface area contributed by atoms with Gasteiger partial charge in [0.1, 0.15) is 0 Å². The number of hydrogen-bond donors (Lipinski definition) is 1. The fraction of sp³-hybridized carbons (Fsp3) is 1.00. The van der Waals surface area contributed by atoms with Gasteiger partial charge in [0.25, 0.3) is 0 Å². The Hall–Kier alpha value is -0.120. The highest BCUT2D eigenvalue weighted by Gasteiger charge is 2.15. The SMILES string of the molecule is CN1CCN(CCC[C@@H]2CCCNC2)CC1. The van der Waals surface area contributed by atoms with Gasteiger partial charge >= 0.3 is 0 Å². The highest BCUT2D eigenvalue weighted by atomic mass is 15.2. The van der Waals surface area contributed by atoms with Gasteiger partial charge in [-0.05, 0) is 58.3 Å². The zero-order valence-electron chi connectivity index (χ0n) is 10.7. The van der Waals surface area contributed by atoms with E-state index in [1.165, 1.54) is 71.5 Å². The van der Waals surface area contributed by atoms with Gasteiger partial charge in [-0.1, -0.05) is 0 Å². The van der Waals surface area contributed by atoms with E-state index in [1.54, 1.807) is 0 Å². The van der Waals surface area contributed by atoms with E-state index in [4.69, 9.17) is 0 Å². The summed E-state index contributed by atoms with van der Waals surface area (Å²) in [6, 6.07) is 0. The van der Waals surface area contributed by atoms with Crippen LogP contribution in [0.3, 0.4) is 0 Å². The molecule has 2 aliphatic rings. The van der Waals surface area contributed by atoms with Gasteiger partial charge in [0.15, 0.2) is 0 Å². The molecule has 0 aromatic heterocycles. The third-order valence-electron chi connectivity index (χ3n) is 4.08. The van der Waals surface area contributed by atoms with Crippen LogP contribution >= 0.6 is 0 Å². The monoisotopic (exact) mass is 225 g/mol. The van der Waals surface area contributed by atoms with Crippen molar-refractivity contribution in [3.63, 3.8) is 0 Å². The Morgan fingerprint density at radius 3 is 2.69 bits per heavy atom. The zero-order chi connectivity index (χ0) is 11.2. The van der Waals surface area contributed by atoms with Crippen LogP contribution in [0.2, 0.25) is 0 Å². The van der Waals surface area contributed by atoms with Crippen molar-refractivity contribution < 1.29 is 0 Å². The molecule has 0 unspecified atom stereocenters. The molecule has 2 rings (SSSR count). The molecule has 16 heavy (non-hydrogen) atoms. The van der Waals surface area contributed by atoms with Crippen molar-refractivity contribution in [1.29, 1.82) is 0 Å². The molecule has 1 atom stereocenters. The summed E-state index contributed by atoms with van der Waals surface area (Å²) < 4.78 is 0. The first-order chi connectivity index (χ1) is 7.84. The molecule has 0 aromatic carbocycles. The van der Waals surface area contributed by atoms with E-state index in [0.29, 0.717) is 0 Å². The molecule has 2 fully saturated rings. The zero-order valence-corrected chi connectivity index (χ0v) is 10.7. The summed E-state index contributed by atoms with van der Waals surface area (Å²) in [6.07, 6.45) is 5.67. The lowest BCUT2D eigenvalue weighted by Gasteiger charge is -2.32. The number of piperidine rings is 1. The van der Waals surface area contributed by atoms with Gasteiger partial charge in [0.05, 0.1) is 0 Å². The van der Waals surface area contributed by atoms with Crippen LogP contribution in [-0.4, -0.2) is 62.7 Å². The minimum atomic E-state index is 0.959. The van der Waals surface area contributed by atoms with E-state index < -0.39 is 0 Å². The predicted octanol–water partition coefficient (Wildman–Crippen LogP) is 1.01. The minimum absolute atomic E-state index is 0.959. The number of piperazine rings is 1. The first kappa shape index (κ1) is 12.3. The maximum Gasteiger partial charge on any atom is 0.0110 e. The summed E-state index contributed by atoms with van der Waals surface area (Å²) in [6.45, 7) is 8.90. The Morgan fingerprint density at radius 1 is 1.19 bits per heavy atom. The maximum absolute atomic E-state index is 3.51. The van der Waals surface area contributed by atoms with Crippen molar-refractivity contribution in [1.82, 2.24) is 15.1 Å². The van der Waals surface area contributed by atoms with Crippen molar-refractivity contribution in [2.24, 2.45) is 5.92 Å². The summed E-state index contributed by atoms with van der Waals surface area (Å²) in [4.78, 5) is 5.07. The Bertz CT molecular complexity index is 182. The molecule has 0 spiro atoms. The average molecular weight is 225 g/mol. The molecular formula is C13H27N3. The normalized spacial score (nSPS) is 29.4. The summed E-state index contributed by atoms with van der Waals surface area (Å²) in [7, 11) is 2.23. The van der Waals surface area contributed by atoms with Gasteiger partial charge in [0, 0.05) is 26.2 Å². The third-order valence-corrected chi connectivity index (χ3v) is 4.08. The smallest absolute Gasteiger partial charge is 0.0110 e. The van der Waals surface area contributed by atoms with E-state index in [0.717, 1.165) is 5.92 Å². The Morgan fingerprint density at radius 2 is 2.00 bits per heavy atom. The second-order valence-electron chi connectivity index (χ2n) is 5.50. The molecule has 0 aliphatic carbocycles. The molecule has 2 heterocycles. The number of likely N-dealkylation sites (N-methyl/N-ethyl adjacent to an activating group) is 1. The van der Waals surface area contributed by atoms with Crippen LogP contribution in [0.1, 0.15) is 25.7 Å². The molecule has 3 nitrogen and oxygen atoms in total. The molecule has 0 radical (unpaired) electrons. The molecule has 3 heteroatoms. The van der Waals surface area contributed by atoms with Crippen LogP contribution in [0.15, 0.2) is 0 Å². The van der Waals surface area contributed by atoms with Crippen LogP contribution in [0.5, 0.6) is 0 Å². The summed E-state index contributed by atoms with van der Waals surface area (Å²) in [5.74, 6) is 0.959. The van der Waals surface area contributed by atoms with Crippen LogP contribution in [0.4, 0.5) is 0 Å². The van der Waals surface area contributed by atoms with Crippen molar-refractivity contribution >= 4 is 0 Å². The molecule has 0 aromatic rings. The largest absolute Gasteiger partial charge is 0.316 e. The van der Waals surface area contributed by atoms with E-state index in [1.807, 2.05) is 0 Å². The van der Waals surface area contributed by atoms with Crippen LogP contribution in [0.25, 0.3) is 0 Å². The van der Waals surface area contributed by atoms with Gasteiger partial charge in [-0.25, -0.2) is 0 Å². The Balaban J connectivity index is 1.53. The lowest BCUT2D eigenvalue weighted by molar-refractivity contribution is 0.149. The second-order valence-corrected chi connectivity index (χ2v) is 5.50. The molecule has 0 amide bonds. The molecule has 2 saturated heterocycles. The van der Waals surface area contributed by atoms with Crippen molar-refractivity contribution in [3.8, 4) is 0 Å². The van der Waals surface area contributed by atoms with Gasteiger partial charge in [-0.15, -0.1) is 0 Å². The summed E-state index contributed by atoms with van der Waals surface area (Å²) in [5.41, 5.74) is 0. The highest BCUT2D eigenvalue weighted by molar-refractivity contribution is 4.72. The van der Waals surface area contributed by atoms with Gasteiger partial charge in [-0.3, -0.25) is 0 Å². The highest BCUT2D eigenvalue weighted by Crippen LogP contribution is 2.16. The van der Waals surface area contributed by atoms with Crippen LogP contribution in [0, 0.1) is 5.92 Å². The number of nitrogens with one attached hydrogen (secondary N) is 1. The van der Waals surface area contributed by atoms with Crippen molar-refractivity contribution in [3.05, 3.63) is 0 Å². The first-order valence-electron chi connectivity index (χ1n) is 6.96. The minimum Gasteiger partial charge on any atom is -0.316 e. The quantitative estimate of drug-likeness (QED) is 0.770. The average Bonchev–Trinajstić information content (AvgIpc) is 2.33. The van der Waals surface area contributed by atoms with E-state index in [9.17, 15) is 0 Å². The van der Waals surface area contributed by atoms with Gasteiger partial charge in [0.2, 0.25) is 0 Å². The third kappa shape index (κ3) is 4.04. The molecule has 94 valence electrons. The van der Waals surface area contributed by atoms with Crippen molar-refractivity contribution in [2.75, 3.05) is 52.9 Å². The molecular weight excluding hydrogens is 198 g/mol.